The van der Waals surface area contributed by atoms with Gasteiger partial charge in [-0.05, 0) is 23.6 Å². The molecule has 0 aliphatic carbocycles. The minimum absolute atomic E-state index is 0.0261. The molecule has 0 fully saturated rings. The van der Waals surface area contributed by atoms with Gasteiger partial charge in [-0.25, -0.2) is 4.79 Å². The lowest BCUT2D eigenvalue weighted by Gasteiger charge is -2.29. The molecule has 0 aromatic heterocycles. The monoisotopic (exact) mass is 274 g/mol. The summed E-state index contributed by atoms with van der Waals surface area (Å²) < 4.78 is 0. The van der Waals surface area contributed by atoms with Crippen molar-refractivity contribution in [2.45, 2.75) is 13.0 Å². The van der Waals surface area contributed by atoms with Crippen molar-refractivity contribution in [1.82, 2.24) is 10.2 Å². The van der Waals surface area contributed by atoms with Crippen LogP contribution < -0.4 is 5.32 Å². The van der Waals surface area contributed by atoms with E-state index in [-0.39, 0.29) is 12.5 Å². The second-order valence-corrected chi connectivity index (χ2v) is 4.73. The average Bonchev–Trinajstić information content (AvgIpc) is 2.46. The van der Waals surface area contributed by atoms with Crippen molar-refractivity contribution in [2.75, 3.05) is 19.6 Å². The van der Waals surface area contributed by atoms with Gasteiger partial charge in [-0.2, -0.15) is 0 Å². The largest absolute Gasteiger partial charge is 0.478 e. The fraction of sp³-hybridized carbons (Fsp3) is 0.333. The topological polar surface area (TPSA) is 69.6 Å². The summed E-state index contributed by atoms with van der Waals surface area (Å²) in [7, 11) is 0. The van der Waals surface area contributed by atoms with Crippen LogP contribution in [0.1, 0.15) is 21.5 Å². The zero-order chi connectivity index (χ0) is 14.5. The van der Waals surface area contributed by atoms with Crippen LogP contribution in [-0.2, 0) is 17.8 Å². The molecular formula is C15H18N2O3. The van der Waals surface area contributed by atoms with Gasteiger partial charge in [0.1, 0.15) is 0 Å². The average molecular weight is 274 g/mol. The van der Waals surface area contributed by atoms with E-state index >= 15 is 0 Å². The number of aromatic carboxylic acids is 1. The highest BCUT2D eigenvalue weighted by molar-refractivity contribution is 5.90. The third-order valence-corrected chi connectivity index (χ3v) is 3.41. The predicted octanol–water partition coefficient (Wildman–Crippen LogP) is 1.05. The number of rotatable bonds is 5. The van der Waals surface area contributed by atoms with E-state index in [4.69, 9.17) is 5.11 Å². The molecule has 0 spiro atoms. The van der Waals surface area contributed by atoms with Gasteiger partial charge in [0.05, 0.1) is 12.1 Å². The SMILES string of the molecule is C=CCNCC(=O)N1CCc2c(cccc2C(=O)O)C1. The van der Waals surface area contributed by atoms with Crippen molar-refractivity contribution in [1.29, 1.82) is 0 Å². The van der Waals surface area contributed by atoms with Gasteiger partial charge in [0, 0.05) is 19.6 Å². The van der Waals surface area contributed by atoms with Gasteiger partial charge in [-0.3, -0.25) is 4.79 Å². The number of benzene rings is 1. The van der Waals surface area contributed by atoms with Crippen molar-refractivity contribution in [3.05, 3.63) is 47.5 Å². The highest BCUT2D eigenvalue weighted by atomic mass is 16.4. The number of hydrogen-bond acceptors (Lipinski definition) is 3. The molecule has 1 aliphatic heterocycles. The molecule has 1 aliphatic rings. The van der Waals surface area contributed by atoms with E-state index in [1.807, 2.05) is 6.07 Å². The molecule has 0 saturated carbocycles. The number of fused-ring (bicyclic) bond motifs is 1. The number of nitrogens with zero attached hydrogens (tertiary/aromatic N) is 1. The summed E-state index contributed by atoms with van der Waals surface area (Å²) in [6.45, 7) is 5.50. The normalized spacial score (nSPS) is 13.7. The molecule has 2 N–H and O–H groups in total. The Kier molecular flexibility index (Phi) is 4.53. The molecule has 0 bridgehead atoms. The first kappa shape index (κ1) is 14.3. The first-order valence-electron chi connectivity index (χ1n) is 6.57. The Labute approximate surface area is 117 Å². The molecule has 2 rings (SSSR count). The lowest BCUT2D eigenvalue weighted by molar-refractivity contribution is -0.131. The highest BCUT2D eigenvalue weighted by Gasteiger charge is 2.23. The summed E-state index contributed by atoms with van der Waals surface area (Å²) in [6.07, 6.45) is 2.29. The van der Waals surface area contributed by atoms with Gasteiger partial charge in [0.15, 0.2) is 0 Å². The van der Waals surface area contributed by atoms with Crippen LogP contribution in [-0.4, -0.2) is 41.5 Å². The fourth-order valence-corrected chi connectivity index (χ4v) is 2.42. The van der Waals surface area contributed by atoms with Crippen molar-refractivity contribution in [2.24, 2.45) is 0 Å². The molecule has 5 heteroatoms. The zero-order valence-electron chi connectivity index (χ0n) is 11.3. The number of carbonyl (C=O) groups is 2. The van der Waals surface area contributed by atoms with Gasteiger partial charge < -0.3 is 15.3 Å². The third-order valence-electron chi connectivity index (χ3n) is 3.41. The summed E-state index contributed by atoms with van der Waals surface area (Å²) in [5, 5.41) is 12.1. The van der Waals surface area contributed by atoms with E-state index < -0.39 is 5.97 Å². The number of carbonyl (C=O) groups excluding carboxylic acids is 1. The molecule has 0 saturated heterocycles. The van der Waals surface area contributed by atoms with Gasteiger partial charge in [0.25, 0.3) is 0 Å². The van der Waals surface area contributed by atoms with E-state index in [0.717, 1.165) is 11.1 Å². The second kappa shape index (κ2) is 6.34. The smallest absolute Gasteiger partial charge is 0.335 e. The Morgan fingerprint density at radius 3 is 2.95 bits per heavy atom. The van der Waals surface area contributed by atoms with E-state index in [2.05, 4.69) is 11.9 Å². The minimum atomic E-state index is -0.908. The quantitative estimate of drug-likeness (QED) is 0.622. The number of hydrogen-bond donors (Lipinski definition) is 2. The van der Waals surface area contributed by atoms with Crippen molar-refractivity contribution < 1.29 is 14.7 Å². The Morgan fingerprint density at radius 2 is 2.25 bits per heavy atom. The number of amides is 1. The van der Waals surface area contributed by atoms with Crippen LogP contribution in [0.3, 0.4) is 0 Å². The third kappa shape index (κ3) is 3.05. The van der Waals surface area contributed by atoms with Crippen LogP contribution >= 0.6 is 0 Å². The van der Waals surface area contributed by atoms with E-state index in [1.54, 1.807) is 23.1 Å². The van der Waals surface area contributed by atoms with E-state index in [1.165, 1.54) is 0 Å². The van der Waals surface area contributed by atoms with Crippen LogP contribution in [0.4, 0.5) is 0 Å². The fourth-order valence-electron chi connectivity index (χ4n) is 2.42. The lowest BCUT2D eigenvalue weighted by atomic mass is 9.94. The maximum Gasteiger partial charge on any atom is 0.335 e. The first-order chi connectivity index (χ1) is 9.63. The van der Waals surface area contributed by atoms with Crippen LogP contribution in [0.5, 0.6) is 0 Å². The van der Waals surface area contributed by atoms with Crippen molar-refractivity contribution in [3.63, 3.8) is 0 Å². The molecular weight excluding hydrogens is 256 g/mol. The Balaban J connectivity index is 2.08. The van der Waals surface area contributed by atoms with Gasteiger partial charge >= 0.3 is 5.97 Å². The molecule has 1 heterocycles. The second-order valence-electron chi connectivity index (χ2n) is 4.73. The van der Waals surface area contributed by atoms with E-state index in [9.17, 15) is 9.59 Å². The van der Waals surface area contributed by atoms with Crippen molar-refractivity contribution >= 4 is 11.9 Å². The molecule has 0 unspecified atom stereocenters. The summed E-state index contributed by atoms with van der Waals surface area (Å²) in [6, 6.07) is 5.23. The molecule has 0 radical (unpaired) electrons. The Bertz CT molecular complexity index is 540. The lowest BCUT2D eigenvalue weighted by Crippen LogP contribution is -2.41. The van der Waals surface area contributed by atoms with Crippen LogP contribution in [0.2, 0.25) is 0 Å². The standard InChI is InChI=1S/C15H18N2O3/c1-2-7-16-9-14(18)17-8-6-12-11(10-17)4-3-5-13(12)15(19)20/h2-5,16H,1,6-10H2,(H,19,20). The molecule has 0 atom stereocenters. The molecule has 1 aromatic carbocycles. The van der Waals surface area contributed by atoms with Crippen LogP contribution in [0, 0.1) is 0 Å². The zero-order valence-corrected chi connectivity index (χ0v) is 11.3. The summed E-state index contributed by atoms with van der Waals surface area (Å²) >= 11 is 0. The number of carboxylic acids is 1. The first-order valence-corrected chi connectivity index (χ1v) is 6.57. The maximum atomic E-state index is 12.0. The van der Waals surface area contributed by atoms with Crippen LogP contribution in [0.25, 0.3) is 0 Å². The van der Waals surface area contributed by atoms with E-state index in [0.29, 0.717) is 31.6 Å². The van der Waals surface area contributed by atoms with Gasteiger partial charge in [-0.1, -0.05) is 18.2 Å². The number of carboxylic acid groups (broad SMARTS) is 1. The maximum absolute atomic E-state index is 12.0. The van der Waals surface area contributed by atoms with Crippen LogP contribution in [0.15, 0.2) is 30.9 Å². The Hall–Kier alpha value is -2.14. The molecule has 5 nitrogen and oxygen atoms in total. The predicted molar refractivity (Wildman–Crippen MR) is 75.6 cm³/mol. The van der Waals surface area contributed by atoms with Crippen molar-refractivity contribution in [3.8, 4) is 0 Å². The molecule has 1 aromatic rings. The van der Waals surface area contributed by atoms with Gasteiger partial charge in [-0.15, -0.1) is 6.58 Å². The summed E-state index contributed by atoms with van der Waals surface area (Å²) in [4.78, 5) is 24.9. The molecule has 20 heavy (non-hydrogen) atoms. The Morgan fingerprint density at radius 1 is 1.45 bits per heavy atom. The molecule has 106 valence electrons. The number of nitrogens with one attached hydrogen (secondary N) is 1. The highest BCUT2D eigenvalue weighted by Crippen LogP contribution is 2.22. The summed E-state index contributed by atoms with van der Waals surface area (Å²) in [5.41, 5.74) is 2.12. The summed E-state index contributed by atoms with van der Waals surface area (Å²) in [5.74, 6) is -0.882. The van der Waals surface area contributed by atoms with Gasteiger partial charge in [0.2, 0.25) is 5.91 Å². The molecule has 1 amide bonds. The minimum Gasteiger partial charge on any atom is -0.478 e.